The molecule has 0 unspecified atom stereocenters. The van der Waals surface area contributed by atoms with Crippen molar-refractivity contribution in [3.8, 4) is 11.5 Å². The number of anilines is 1. The molecule has 1 amide bonds. The van der Waals surface area contributed by atoms with Crippen molar-refractivity contribution in [2.75, 3.05) is 25.7 Å². The van der Waals surface area contributed by atoms with Gasteiger partial charge in [0, 0.05) is 17.3 Å². The monoisotopic (exact) mass is 390 g/mol. The maximum atomic E-state index is 12.5. The van der Waals surface area contributed by atoms with Gasteiger partial charge in [0.15, 0.2) is 18.1 Å². The largest absolute Gasteiger partial charge is 0.493 e. The average Bonchev–Trinajstić information content (AvgIpc) is 2.65. The van der Waals surface area contributed by atoms with Crippen LogP contribution in [-0.4, -0.2) is 39.0 Å². The Balaban J connectivity index is 2.02. The van der Waals surface area contributed by atoms with E-state index >= 15 is 0 Å². The Labute approximate surface area is 164 Å². The van der Waals surface area contributed by atoms with E-state index in [0.717, 1.165) is 5.69 Å². The van der Waals surface area contributed by atoms with Crippen LogP contribution in [0, 0.1) is 0 Å². The molecule has 0 saturated heterocycles. The van der Waals surface area contributed by atoms with Crippen LogP contribution in [0.15, 0.2) is 47.6 Å². The maximum absolute atomic E-state index is 12.5. The number of carbonyl (C=O) groups excluding carboxylic acids is 1. The summed E-state index contributed by atoms with van der Waals surface area (Å²) < 4.78 is 10.4. The maximum Gasteiger partial charge on any atom is 0.267 e. The highest BCUT2D eigenvalue weighted by atomic mass is 35.5. The summed E-state index contributed by atoms with van der Waals surface area (Å²) in [4.78, 5) is 19.4. The van der Waals surface area contributed by atoms with Gasteiger partial charge in [0.25, 0.3) is 5.91 Å². The number of hydrogen-bond donors (Lipinski definition) is 0. The molecule has 6 nitrogen and oxygen atoms in total. The van der Waals surface area contributed by atoms with E-state index < -0.39 is 0 Å². The van der Waals surface area contributed by atoms with Crippen LogP contribution in [0.1, 0.15) is 19.4 Å². The number of carbonyl (C=O) groups is 1. The van der Waals surface area contributed by atoms with Gasteiger partial charge in [-0.25, -0.2) is 0 Å². The highest BCUT2D eigenvalue weighted by Crippen LogP contribution is 2.35. The van der Waals surface area contributed by atoms with Gasteiger partial charge < -0.3 is 19.2 Å². The summed E-state index contributed by atoms with van der Waals surface area (Å²) >= 11 is 6.15. The lowest BCUT2D eigenvalue weighted by atomic mass is 10.2. The quantitative estimate of drug-likeness (QED) is 0.502. The molecular formula is C20H23ClN2O4. The molecule has 0 aliphatic rings. The van der Waals surface area contributed by atoms with E-state index in [1.807, 2.05) is 44.2 Å². The number of rotatable bonds is 8. The lowest BCUT2D eigenvalue weighted by Gasteiger charge is -2.26. The second-order valence-corrected chi connectivity index (χ2v) is 6.35. The third kappa shape index (κ3) is 5.37. The zero-order valence-electron chi connectivity index (χ0n) is 15.8. The van der Waals surface area contributed by atoms with Gasteiger partial charge in [-0.1, -0.05) is 35.0 Å². The first-order valence-electron chi connectivity index (χ1n) is 8.42. The molecule has 144 valence electrons. The Morgan fingerprint density at radius 3 is 2.48 bits per heavy atom. The fourth-order valence-corrected chi connectivity index (χ4v) is 2.89. The average molecular weight is 391 g/mol. The fraction of sp³-hybridized carbons (Fsp3) is 0.300. The van der Waals surface area contributed by atoms with Crippen molar-refractivity contribution in [2.45, 2.75) is 19.9 Å². The molecule has 27 heavy (non-hydrogen) atoms. The molecule has 7 heteroatoms. The van der Waals surface area contributed by atoms with E-state index in [4.69, 9.17) is 25.9 Å². The first-order chi connectivity index (χ1) is 13.0. The standard InChI is InChI=1S/C20H23ClN2O4/c1-14(2)23(16-8-6-5-7-9-16)19(24)13-27-22-12-15-10-17(21)20(26-4)18(11-15)25-3/h5-12,14H,13H2,1-4H3/b22-12+. The fourth-order valence-electron chi connectivity index (χ4n) is 2.59. The van der Waals surface area contributed by atoms with Gasteiger partial charge in [0.05, 0.1) is 25.5 Å². The molecule has 0 aliphatic carbocycles. The van der Waals surface area contributed by atoms with Crippen molar-refractivity contribution in [1.82, 2.24) is 0 Å². The smallest absolute Gasteiger partial charge is 0.267 e. The summed E-state index contributed by atoms with van der Waals surface area (Å²) in [6, 6.07) is 12.8. The molecule has 0 fully saturated rings. The molecule has 0 bridgehead atoms. The zero-order valence-corrected chi connectivity index (χ0v) is 16.6. The van der Waals surface area contributed by atoms with Crippen LogP contribution in [0.5, 0.6) is 11.5 Å². The molecule has 2 aromatic rings. The minimum atomic E-state index is -0.182. The highest BCUT2D eigenvalue weighted by molar-refractivity contribution is 6.32. The summed E-state index contributed by atoms with van der Waals surface area (Å²) in [5.41, 5.74) is 1.48. The van der Waals surface area contributed by atoms with E-state index in [0.29, 0.717) is 22.1 Å². The molecule has 0 heterocycles. The molecule has 0 aromatic heterocycles. The van der Waals surface area contributed by atoms with E-state index in [2.05, 4.69) is 5.16 Å². The number of amides is 1. The molecule has 0 atom stereocenters. The molecule has 0 N–H and O–H groups in total. The Morgan fingerprint density at radius 2 is 1.89 bits per heavy atom. The summed E-state index contributed by atoms with van der Waals surface area (Å²) in [6.45, 7) is 3.71. The van der Waals surface area contributed by atoms with Gasteiger partial charge in [-0.05, 0) is 38.1 Å². The van der Waals surface area contributed by atoms with Crippen molar-refractivity contribution in [3.05, 3.63) is 53.1 Å². The van der Waals surface area contributed by atoms with E-state index in [9.17, 15) is 4.79 Å². The summed E-state index contributed by atoms with van der Waals surface area (Å²) in [5, 5.41) is 4.25. The Hall–Kier alpha value is -2.73. The Morgan fingerprint density at radius 1 is 1.19 bits per heavy atom. The number of ether oxygens (including phenoxy) is 2. The molecule has 0 aliphatic heterocycles. The van der Waals surface area contributed by atoms with E-state index in [1.165, 1.54) is 20.4 Å². The van der Waals surface area contributed by atoms with Gasteiger partial charge in [0.1, 0.15) is 0 Å². The van der Waals surface area contributed by atoms with Crippen LogP contribution < -0.4 is 14.4 Å². The Bertz CT molecular complexity index is 794. The minimum absolute atomic E-state index is 0.00265. The van der Waals surface area contributed by atoms with Crippen molar-refractivity contribution in [1.29, 1.82) is 0 Å². The number of benzene rings is 2. The lowest BCUT2D eigenvalue weighted by Crippen LogP contribution is -2.39. The van der Waals surface area contributed by atoms with Crippen molar-refractivity contribution in [3.63, 3.8) is 0 Å². The van der Waals surface area contributed by atoms with Gasteiger partial charge in [-0.15, -0.1) is 0 Å². The molecule has 0 radical (unpaired) electrons. The molecule has 0 saturated carbocycles. The third-order valence-electron chi connectivity index (χ3n) is 3.74. The summed E-state index contributed by atoms with van der Waals surface area (Å²) in [5.74, 6) is 0.749. The number of halogens is 1. The second-order valence-electron chi connectivity index (χ2n) is 5.94. The molecule has 2 rings (SSSR count). The van der Waals surface area contributed by atoms with Crippen LogP contribution in [0.4, 0.5) is 5.69 Å². The predicted molar refractivity (Wildman–Crippen MR) is 107 cm³/mol. The van der Waals surface area contributed by atoms with Crippen LogP contribution in [0.25, 0.3) is 0 Å². The first-order valence-corrected chi connectivity index (χ1v) is 8.79. The van der Waals surface area contributed by atoms with Crippen LogP contribution >= 0.6 is 11.6 Å². The first kappa shape index (κ1) is 20.6. The van der Waals surface area contributed by atoms with E-state index in [1.54, 1.807) is 17.0 Å². The van der Waals surface area contributed by atoms with Gasteiger partial charge in [-0.3, -0.25) is 4.79 Å². The number of nitrogens with zero attached hydrogens (tertiary/aromatic N) is 2. The van der Waals surface area contributed by atoms with Gasteiger partial charge in [-0.2, -0.15) is 0 Å². The number of oxime groups is 1. The minimum Gasteiger partial charge on any atom is -0.493 e. The van der Waals surface area contributed by atoms with Crippen LogP contribution in [0.3, 0.4) is 0 Å². The second kappa shape index (κ2) is 9.83. The van der Waals surface area contributed by atoms with Crippen molar-refractivity contribution in [2.24, 2.45) is 5.16 Å². The van der Waals surface area contributed by atoms with E-state index in [-0.39, 0.29) is 18.6 Å². The normalized spacial score (nSPS) is 10.9. The third-order valence-corrected chi connectivity index (χ3v) is 4.02. The molecule has 2 aromatic carbocycles. The topological polar surface area (TPSA) is 60.4 Å². The van der Waals surface area contributed by atoms with Gasteiger partial charge >= 0.3 is 0 Å². The van der Waals surface area contributed by atoms with Crippen LogP contribution in [-0.2, 0) is 9.63 Å². The summed E-state index contributed by atoms with van der Waals surface area (Å²) in [7, 11) is 3.04. The number of methoxy groups -OCH3 is 2. The summed E-state index contributed by atoms with van der Waals surface area (Å²) in [6.07, 6.45) is 1.46. The van der Waals surface area contributed by atoms with Crippen molar-refractivity contribution >= 4 is 29.4 Å². The zero-order chi connectivity index (χ0) is 19.8. The molecule has 0 spiro atoms. The predicted octanol–water partition coefficient (Wildman–Crippen LogP) is 4.15. The van der Waals surface area contributed by atoms with Crippen molar-refractivity contribution < 1.29 is 19.1 Å². The number of para-hydroxylation sites is 1. The lowest BCUT2D eigenvalue weighted by molar-refractivity contribution is -0.123. The SMILES string of the molecule is COc1cc(/C=N/OCC(=O)N(c2ccccc2)C(C)C)cc(Cl)c1OC. The molecular weight excluding hydrogens is 368 g/mol. The van der Waals surface area contributed by atoms with Crippen LogP contribution in [0.2, 0.25) is 5.02 Å². The number of hydrogen-bond acceptors (Lipinski definition) is 5. The Kier molecular flexibility index (Phi) is 7.49. The van der Waals surface area contributed by atoms with Gasteiger partial charge in [0.2, 0.25) is 0 Å². The highest BCUT2D eigenvalue weighted by Gasteiger charge is 2.19.